The van der Waals surface area contributed by atoms with Crippen LogP contribution in [0.2, 0.25) is 5.02 Å². The maximum atomic E-state index is 12.4. The number of carbonyl (C=O) groups excluding carboxylic acids is 1. The molecule has 26 heavy (non-hydrogen) atoms. The lowest BCUT2D eigenvalue weighted by Gasteiger charge is -2.05. The first-order valence-electron chi connectivity index (χ1n) is 7.69. The average molecular weight is 388 g/mol. The highest BCUT2D eigenvalue weighted by Crippen LogP contribution is 2.27. The summed E-state index contributed by atoms with van der Waals surface area (Å²) < 4.78 is 0. The van der Waals surface area contributed by atoms with Crippen molar-refractivity contribution in [3.8, 4) is 0 Å². The predicted molar refractivity (Wildman–Crippen MR) is 102 cm³/mol. The summed E-state index contributed by atoms with van der Waals surface area (Å²) >= 11 is 7.46. The molecule has 6 nitrogen and oxygen atoms in total. The Kier molecular flexibility index (Phi) is 5.29. The van der Waals surface area contributed by atoms with Gasteiger partial charge in [0.1, 0.15) is 5.56 Å². The number of nitro groups is 1. The molecule has 0 fully saturated rings. The van der Waals surface area contributed by atoms with Crippen LogP contribution in [0, 0.1) is 17.0 Å². The monoisotopic (exact) mass is 387 g/mol. The Labute approximate surface area is 158 Å². The summed E-state index contributed by atoms with van der Waals surface area (Å²) in [6.45, 7) is 1.60. The number of carbonyl (C=O) groups is 1. The second-order valence-corrected chi connectivity index (χ2v) is 7.10. The summed E-state index contributed by atoms with van der Waals surface area (Å²) in [5.41, 5.74) is 1.21. The maximum absolute atomic E-state index is 12.4. The minimum Gasteiger partial charge on any atom is -0.298 e. The van der Waals surface area contributed by atoms with Gasteiger partial charge in [-0.1, -0.05) is 41.9 Å². The van der Waals surface area contributed by atoms with Gasteiger partial charge in [-0.25, -0.2) is 4.98 Å². The summed E-state index contributed by atoms with van der Waals surface area (Å²) in [5, 5.41) is 14.9. The van der Waals surface area contributed by atoms with Crippen LogP contribution in [-0.2, 0) is 6.42 Å². The van der Waals surface area contributed by atoms with Crippen molar-refractivity contribution in [1.29, 1.82) is 0 Å². The predicted octanol–water partition coefficient (Wildman–Crippen LogP) is 4.86. The van der Waals surface area contributed by atoms with E-state index in [1.165, 1.54) is 17.4 Å². The van der Waals surface area contributed by atoms with Crippen molar-refractivity contribution in [3.63, 3.8) is 0 Å². The first kappa shape index (κ1) is 18.0. The summed E-state index contributed by atoms with van der Waals surface area (Å²) in [7, 11) is 0. The van der Waals surface area contributed by atoms with E-state index in [4.69, 9.17) is 11.6 Å². The van der Waals surface area contributed by atoms with Crippen molar-refractivity contribution in [2.45, 2.75) is 13.3 Å². The summed E-state index contributed by atoms with van der Waals surface area (Å²) in [6, 6.07) is 12.1. The van der Waals surface area contributed by atoms with Gasteiger partial charge in [-0.15, -0.1) is 11.3 Å². The van der Waals surface area contributed by atoms with Gasteiger partial charge in [0.05, 0.1) is 4.92 Å². The third-order valence-electron chi connectivity index (χ3n) is 3.76. The molecule has 1 heterocycles. The molecule has 3 aromatic rings. The molecule has 132 valence electrons. The molecule has 0 radical (unpaired) electrons. The van der Waals surface area contributed by atoms with E-state index in [0.717, 1.165) is 10.4 Å². The van der Waals surface area contributed by atoms with Gasteiger partial charge in [-0.2, -0.15) is 0 Å². The van der Waals surface area contributed by atoms with Crippen LogP contribution in [0.5, 0.6) is 0 Å². The Balaban J connectivity index is 1.78. The first-order chi connectivity index (χ1) is 12.5. The zero-order chi connectivity index (χ0) is 18.7. The molecule has 0 saturated carbocycles. The number of nitrogens with one attached hydrogen (secondary N) is 1. The van der Waals surface area contributed by atoms with Crippen LogP contribution in [0.3, 0.4) is 0 Å². The van der Waals surface area contributed by atoms with Gasteiger partial charge in [-0.05, 0) is 24.6 Å². The molecule has 1 N–H and O–H groups in total. The summed E-state index contributed by atoms with van der Waals surface area (Å²) in [6.07, 6.45) is 2.26. The smallest absolute Gasteiger partial charge is 0.285 e. The number of halogens is 1. The number of para-hydroxylation sites is 1. The van der Waals surface area contributed by atoms with Gasteiger partial charge in [0.2, 0.25) is 0 Å². The second-order valence-electron chi connectivity index (χ2n) is 5.58. The molecule has 0 unspecified atom stereocenters. The Morgan fingerprint density at radius 2 is 2.04 bits per heavy atom. The first-order valence-corrected chi connectivity index (χ1v) is 8.88. The zero-order valence-electron chi connectivity index (χ0n) is 13.7. The molecular formula is C18H14ClN3O3S. The number of anilines is 1. The van der Waals surface area contributed by atoms with E-state index in [2.05, 4.69) is 10.3 Å². The molecule has 0 saturated heterocycles. The molecule has 1 amide bonds. The van der Waals surface area contributed by atoms with Gasteiger partial charge < -0.3 is 0 Å². The molecule has 3 rings (SSSR count). The molecule has 1 aromatic heterocycles. The molecule has 0 spiro atoms. The van der Waals surface area contributed by atoms with Gasteiger partial charge in [0.15, 0.2) is 5.13 Å². The number of amides is 1. The highest BCUT2D eigenvalue weighted by molar-refractivity contribution is 7.15. The van der Waals surface area contributed by atoms with Gasteiger partial charge in [0, 0.05) is 28.1 Å². The second kappa shape index (κ2) is 7.63. The maximum Gasteiger partial charge on any atom is 0.285 e. The van der Waals surface area contributed by atoms with Crippen LogP contribution in [0.4, 0.5) is 10.8 Å². The van der Waals surface area contributed by atoms with E-state index in [-0.39, 0.29) is 11.3 Å². The number of aromatic nitrogens is 1. The standard InChI is InChI=1S/C18H14ClN3O3S/c1-11-5-4-7-14(16(11)22(24)25)17(23)21-18-20-10-13(26-18)9-12-6-2-3-8-15(12)19/h2-8,10H,9H2,1H3,(H,20,21,23). The highest BCUT2D eigenvalue weighted by atomic mass is 35.5. The number of aryl methyl sites for hydroxylation is 1. The SMILES string of the molecule is Cc1cccc(C(=O)Nc2ncc(Cc3ccccc3Cl)s2)c1[N+](=O)[O-]. The van der Waals surface area contributed by atoms with E-state index >= 15 is 0 Å². The lowest BCUT2D eigenvalue weighted by atomic mass is 10.1. The Morgan fingerprint density at radius 1 is 1.27 bits per heavy atom. The van der Waals surface area contributed by atoms with Crippen LogP contribution < -0.4 is 5.32 Å². The number of hydrogen-bond acceptors (Lipinski definition) is 5. The minimum absolute atomic E-state index is 0.0119. The van der Waals surface area contributed by atoms with E-state index in [1.54, 1.807) is 25.3 Å². The van der Waals surface area contributed by atoms with Gasteiger partial charge >= 0.3 is 0 Å². The van der Waals surface area contributed by atoms with Crippen LogP contribution in [0.1, 0.15) is 26.4 Å². The molecule has 0 aliphatic heterocycles. The molecule has 2 aromatic carbocycles. The Bertz CT molecular complexity index is 987. The van der Waals surface area contributed by atoms with Crippen molar-refractivity contribution >= 4 is 39.7 Å². The largest absolute Gasteiger partial charge is 0.298 e. The van der Waals surface area contributed by atoms with Crippen molar-refractivity contribution in [2.24, 2.45) is 0 Å². The quantitative estimate of drug-likeness (QED) is 0.500. The fourth-order valence-electron chi connectivity index (χ4n) is 2.53. The lowest BCUT2D eigenvalue weighted by Crippen LogP contribution is -2.14. The van der Waals surface area contributed by atoms with E-state index in [9.17, 15) is 14.9 Å². The van der Waals surface area contributed by atoms with Crippen LogP contribution >= 0.6 is 22.9 Å². The fraction of sp³-hybridized carbons (Fsp3) is 0.111. The number of hydrogen-bond donors (Lipinski definition) is 1. The highest BCUT2D eigenvalue weighted by Gasteiger charge is 2.23. The number of nitrogens with zero attached hydrogens (tertiary/aromatic N) is 2. The number of thiazole rings is 1. The van der Waals surface area contributed by atoms with Crippen molar-refractivity contribution < 1.29 is 9.72 Å². The molecule has 0 bridgehead atoms. The van der Waals surface area contributed by atoms with Crippen molar-refractivity contribution in [1.82, 2.24) is 4.98 Å². The number of nitro benzene ring substituents is 1. The summed E-state index contributed by atoms with van der Waals surface area (Å²) in [5.74, 6) is -0.556. The topological polar surface area (TPSA) is 85.1 Å². The third-order valence-corrected chi connectivity index (χ3v) is 5.04. The summed E-state index contributed by atoms with van der Waals surface area (Å²) in [4.78, 5) is 28.2. The number of rotatable bonds is 5. The molecule has 8 heteroatoms. The van der Waals surface area contributed by atoms with E-state index in [1.807, 2.05) is 24.3 Å². The van der Waals surface area contributed by atoms with E-state index in [0.29, 0.717) is 22.1 Å². The third kappa shape index (κ3) is 3.89. The lowest BCUT2D eigenvalue weighted by molar-refractivity contribution is -0.385. The Morgan fingerprint density at radius 3 is 2.77 bits per heavy atom. The Hall–Kier alpha value is -2.77. The van der Waals surface area contributed by atoms with Crippen molar-refractivity contribution in [2.75, 3.05) is 5.32 Å². The van der Waals surface area contributed by atoms with Gasteiger partial charge in [0.25, 0.3) is 11.6 Å². The average Bonchev–Trinajstić information content (AvgIpc) is 3.03. The molecular weight excluding hydrogens is 374 g/mol. The normalized spacial score (nSPS) is 10.5. The number of benzene rings is 2. The zero-order valence-corrected chi connectivity index (χ0v) is 15.3. The van der Waals surface area contributed by atoms with Crippen LogP contribution in [0.15, 0.2) is 48.7 Å². The van der Waals surface area contributed by atoms with Crippen LogP contribution in [0.25, 0.3) is 0 Å². The molecule has 0 aliphatic carbocycles. The van der Waals surface area contributed by atoms with Gasteiger partial charge in [-0.3, -0.25) is 20.2 Å². The fourth-order valence-corrected chi connectivity index (χ4v) is 3.56. The van der Waals surface area contributed by atoms with Crippen LogP contribution in [-0.4, -0.2) is 15.8 Å². The minimum atomic E-state index is -0.556. The van der Waals surface area contributed by atoms with E-state index < -0.39 is 10.8 Å². The molecule has 0 atom stereocenters. The molecule has 0 aliphatic rings. The van der Waals surface area contributed by atoms with Crippen molar-refractivity contribution in [3.05, 3.63) is 85.4 Å².